The Labute approximate surface area is 165 Å². The smallest absolute Gasteiger partial charge is 0.326 e. The Morgan fingerprint density at radius 1 is 0.929 bits per heavy atom. The van der Waals surface area contributed by atoms with Crippen LogP contribution in [-0.2, 0) is 24.0 Å². The summed E-state index contributed by atoms with van der Waals surface area (Å²) < 4.78 is 0. The number of thiol groups is 1. The van der Waals surface area contributed by atoms with Crippen LogP contribution in [0.4, 0.5) is 0 Å². The maximum absolute atomic E-state index is 12.2. The van der Waals surface area contributed by atoms with E-state index < -0.39 is 73.0 Å². The molecule has 0 aromatic heterocycles. The van der Waals surface area contributed by atoms with E-state index in [1.165, 1.54) is 6.92 Å². The molecular formula is C14H24N4O9S. The Balaban J connectivity index is 5.02. The van der Waals surface area contributed by atoms with Crippen LogP contribution in [0.2, 0.25) is 0 Å². The Bertz CT molecular complexity index is 601. The van der Waals surface area contributed by atoms with Crippen molar-refractivity contribution in [3.8, 4) is 0 Å². The van der Waals surface area contributed by atoms with E-state index in [2.05, 4.69) is 23.3 Å². The monoisotopic (exact) mass is 424 g/mol. The van der Waals surface area contributed by atoms with E-state index >= 15 is 0 Å². The van der Waals surface area contributed by atoms with Gasteiger partial charge in [0, 0.05) is 5.75 Å². The molecule has 0 bridgehead atoms. The predicted molar refractivity (Wildman–Crippen MR) is 96.3 cm³/mol. The number of aliphatic carboxylic acids is 2. The first kappa shape index (κ1) is 25.6. The number of hydrogen-bond acceptors (Lipinski definition) is 9. The molecule has 0 saturated heterocycles. The van der Waals surface area contributed by atoms with Gasteiger partial charge in [0.15, 0.2) is 0 Å². The van der Waals surface area contributed by atoms with Crippen molar-refractivity contribution in [2.24, 2.45) is 5.73 Å². The third-order valence-corrected chi connectivity index (χ3v) is 3.81. The minimum atomic E-state index is -1.73. The van der Waals surface area contributed by atoms with Gasteiger partial charge in [0.25, 0.3) is 0 Å². The second-order valence-electron chi connectivity index (χ2n) is 5.75. The zero-order valence-electron chi connectivity index (χ0n) is 14.9. The molecule has 160 valence electrons. The van der Waals surface area contributed by atoms with Crippen LogP contribution in [0.1, 0.15) is 13.3 Å². The van der Waals surface area contributed by atoms with Gasteiger partial charge in [0.1, 0.15) is 24.2 Å². The lowest BCUT2D eigenvalue weighted by Gasteiger charge is -2.23. The average molecular weight is 424 g/mol. The SMILES string of the molecule is CC(O)C(N)C(=O)NC(CO)C(=O)NC(CS)C(=O)NC(CC(=O)O)C(=O)O. The molecule has 0 saturated carbocycles. The molecule has 5 atom stereocenters. The number of aliphatic hydroxyl groups is 2. The zero-order valence-corrected chi connectivity index (χ0v) is 15.8. The van der Waals surface area contributed by atoms with Crippen LogP contribution in [0.5, 0.6) is 0 Å². The summed E-state index contributed by atoms with van der Waals surface area (Å²) in [6, 6.07) is -6.00. The number of nitrogens with two attached hydrogens (primary N) is 1. The molecule has 0 heterocycles. The summed E-state index contributed by atoms with van der Waals surface area (Å²) in [4.78, 5) is 57.7. The molecule has 5 unspecified atom stereocenters. The summed E-state index contributed by atoms with van der Waals surface area (Å²) in [7, 11) is 0. The first-order valence-electron chi connectivity index (χ1n) is 7.95. The van der Waals surface area contributed by atoms with Crippen molar-refractivity contribution in [2.75, 3.05) is 12.4 Å². The molecule has 0 aliphatic heterocycles. The summed E-state index contributed by atoms with van der Waals surface area (Å²) in [5, 5.41) is 42.3. The zero-order chi connectivity index (χ0) is 22.0. The van der Waals surface area contributed by atoms with Crippen molar-refractivity contribution >= 4 is 42.3 Å². The van der Waals surface area contributed by atoms with Gasteiger partial charge in [0.05, 0.1) is 19.1 Å². The molecule has 0 rings (SSSR count). The van der Waals surface area contributed by atoms with E-state index in [1.54, 1.807) is 0 Å². The van der Waals surface area contributed by atoms with Crippen LogP contribution in [-0.4, -0.2) is 92.7 Å². The van der Waals surface area contributed by atoms with Crippen LogP contribution in [0.15, 0.2) is 0 Å². The Morgan fingerprint density at radius 3 is 1.79 bits per heavy atom. The number of carbonyl (C=O) groups excluding carboxylic acids is 3. The topological polar surface area (TPSA) is 228 Å². The van der Waals surface area contributed by atoms with E-state index in [-0.39, 0.29) is 5.75 Å². The first-order chi connectivity index (χ1) is 12.9. The fraction of sp³-hybridized carbons (Fsp3) is 0.643. The Kier molecular flexibility index (Phi) is 11.1. The molecule has 9 N–H and O–H groups in total. The van der Waals surface area contributed by atoms with Crippen LogP contribution >= 0.6 is 12.6 Å². The van der Waals surface area contributed by atoms with E-state index in [0.717, 1.165) is 0 Å². The third-order valence-electron chi connectivity index (χ3n) is 3.45. The molecular weight excluding hydrogens is 400 g/mol. The highest BCUT2D eigenvalue weighted by Crippen LogP contribution is 1.98. The number of carbonyl (C=O) groups is 5. The number of carboxylic acids is 2. The molecule has 0 aliphatic rings. The molecule has 3 amide bonds. The molecule has 0 spiro atoms. The van der Waals surface area contributed by atoms with Crippen LogP contribution in [0, 0.1) is 0 Å². The Hall–Kier alpha value is -2.42. The highest BCUT2D eigenvalue weighted by atomic mass is 32.1. The summed E-state index contributed by atoms with van der Waals surface area (Å²) in [5.74, 6) is -6.31. The molecule has 0 radical (unpaired) electrons. The number of carboxylic acid groups (broad SMARTS) is 2. The van der Waals surface area contributed by atoms with Crippen molar-refractivity contribution in [3.63, 3.8) is 0 Å². The van der Waals surface area contributed by atoms with Crippen molar-refractivity contribution in [2.45, 2.75) is 43.6 Å². The standard InChI is InChI=1S/C14H24N4O9S/c1-5(20)10(15)13(25)17-7(3-19)11(23)18-8(4-28)12(24)16-6(14(26)27)2-9(21)22/h5-8,10,19-20,28H,2-4,15H2,1H3,(H,16,24)(H,17,25)(H,18,23)(H,21,22)(H,26,27). The quantitative estimate of drug-likeness (QED) is 0.137. The maximum Gasteiger partial charge on any atom is 0.326 e. The first-order valence-corrected chi connectivity index (χ1v) is 8.58. The fourth-order valence-corrected chi connectivity index (χ4v) is 2.05. The lowest BCUT2D eigenvalue weighted by molar-refractivity contribution is -0.147. The molecule has 0 aliphatic carbocycles. The molecule has 0 fully saturated rings. The second-order valence-corrected chi connectivity index (χ2v) is 6.12. The van der Waals surface area contributed by atoms with E-state index in [9.17, 15) is 34.2 Å². The van der Waals surface area contributed by atoms with Gasteiger partial charge in [-0.05, 0) is 6.92 Å². The summed E-state index contributed by atoms with van der Waals surface area (Å²) in [5.41, 5.74) is 5.41. The highest BCUT2D eigenvalue weighted by molar-refractivity contribution is 7.80. The molecule has 28 heavy (non-hydrogen) atoms. The van der Waals surface area contributed by atoms with Gasteiger partial charge < -0.3 is 42.1 Å². The fourth-order valence-electron chi connectivity index (χ4n) is 1.79. The number of nitrogens with one attached hydrogen (secondary N) is 3. The van der Waals surface area contributed by atoms with Gasteiger partial charge in [-0.15, -0.1) is 0 Å². The maximum atomic E-state index is 12.2. The highest BCUT2D eigenvalue weighted by Gasteiger charge is 2.30. The van der Waals surface area contributed by atoms with Gasteiger partial charge in [-0.25, -0.2) is 4.79 Å². The van der Waals surface area contributed by atoms with E-state index in [0.29, 0.717) is 0 Å². The van der Waals surface area contributed by atoms with Gasteiger partial charge >= 0.3 is 11.9 Å². The number of rotatable bonds is 12. The lowest BCUT2D eigenvalue weighted by atomic mass is 10.1. The lowest BCUT2D eigenvalue weighted by Crippen LogP contribution is -2.59. The van der Waals surface area contributed by atoms with Crippen molar-refractivity contribution in [3.05, 3.63) is 0 Å². The normalized spacial score (nSPS) is 16.0. The van der Waals surface area contributed by atoms with Gasteiger partial charge in [0.2, 0.25) is 17.7 Å². The minimum Gasteiger partial charge on any atom is -0.481 e. The number of aliphatic hydroxyl groups excluding tert-OH is 2. The van der Waals surface area contributed by atoms with Gasteiger partial charge in [-0.3, -0.25) is 19.2 Å². The van der Waals surface area contributed by atoms with Crippen LogP contribution in [0.3, 0.4) is 0 Å². The number of amides is 3. The average Bonchev–Trinajstić information content (AvgIpc) is 2.61. The summed E-state index contributed by atoms with van der Waals surface area (Å²) in [6.07, 6.45) is -2.11. The van der Waals surface area contributed by atoms with Gasteiger partial charge in [-0.1, -0.05) is 0 Å². The third kappa shape index (κ3) is 8.51. The predicted octanol–water partition coefficient (Wildman–Crippen LogP) is -4.37. The molecule has 14 heteroatoms. The Morgan fingerprint density at radius 2 is 1.39 bits per heavy atom. The minimum absolute atomic E-state index is 0.295. The molecule has 13 nitrogen and oxygen atoms in total. The molecule has 0 aromatic carbocycles. The summed E-state index contributed by atoms with van der Waals surface area (Å²) >= 11 is 3.86. The van der Waals surface area contributed by atoms with Gasteiger partial charge in [-0.2, -0.15) is 12.6 Å². The van der Waals surface area contributed by atoms with Crippen LogP contribution in [0.25, 0.3) is 0 Å². The van der Waals surface area contributed by atoms with Crippen LogP contribution < -0.4 is 21.7 Å². The second kappa shape index (κ2) is 12.1. The van der Waals surface area contributed by atoms with Crippen molar-refractivity contribution in [1.29, 1.82) is 0 Å². The van der Waals surface area contributed by atoms with Crippen molar-refractivity contribution < 1.29 is 44.4 Å². The van der Waals surface area contributed by atoms with E-state index in [4.69, 9.17) is 15.9 Å². The number of hydrogen-bond donors (Lipinski definition) is 9. The van der Waals surface area contributed by atoms with E-state index in [1.807, 2.05) is 5.32 Å². The summed E-state index contributed by atoms with van der Waals surface area (Å²) in [6.45, 7) is 0.386. The molecule has 0 aromatic rings. The van der Waals surface area contributed by atoms with Crippen molar-refractivity contribution in [1.82, 2.24) is 16.0 Å². The largest absolute Gasteiger partial charge is 0.481 e.